The number of esters is 1. The van der Waals surface area contributed by atoms with Crippen LogP contribution in [0.1, 0.15) is 66.2 Å². The second-order valence-corrected chi connectivity index (χ2v) is 10.1. The molecular formula is C23H32O5. The fourth-order valence-corrected chi connectivity index (χ4v) is 7.59. The van der Waals surface area contributed by atoms with E-state index in [1.165, 1.54) is 6.92 Å². The molecule has 5 nitrogen and oxygen atoms in total. The molecule has 0 spiro atoms. The van der Waals surface area contributed by atoms with Crippen molar-refractivity contribution in [2.75, 3.05) is 0 Å². The average Bonchev–Trinajstić information content (AvgIpc) is 2.94. The van der Waals surface area contributed by atoms with Gasteiger partial charge in [0.15, 0.2) is 5.78 Å². The predicted octanol–water partition coefficient (Wildman–Crippen LogP) is 3.24. The van der Waals surface area contributed by atoms with Crippen LogP contribution in [0.4, 0.5) is 0 Å². The number of Topliss-reactive ketones (excluding diaryl/α,β-unsaturated/α-hetero) is 1. The van der Waals surface area contributed by atoms with Crippen molar-refractivity contribution in [2.24, 2.45) is 34.5 Å². The molecule has 0 aromatic rings. The predicted molar refractivity (Wildman–Crippen MR) is 103 cm³/mol. The van der Waals surface area contributed by atoms with Crippen molar-refractivity contribution in [3.63, 3.8) is 0 Å². The van der Waals surface area contributed by atoms with E-state index < -0.39 is 17.6 Å². The van der Waals surface area contributed by atoms with Crippen LogP contribution in [0.5, 0.6) is 0 Å². The molecule has 5 heteroatoms. The van der Waals surface area contributed by atoms with Crippen LogP contribution in [0, 0.1) is 34.5 Å². The first-order valence-corrected chi connectivity index (χ1v) is 10.7. The van der Waals surface area contributed by atoms with Crippen molar-refractivity contribution < 1.29 is 24.2 Å². The van der Waals surface area contributed by atoms with Crippen LogP contribution in [0.15, 0.2) is 11.6 Å². The topological polar surface area (TPSA) is 80.7 Å². The first-order chi connectivity index (χ1) is 13.1. The molecule has 0 aromatic carbocycles. The van der Waals surface area contributed by atoms with Gasteiger partial charge in [-0.05, 0) is 68.3 Å². The van der Waals surface area contributed by atoms with Gasteiger partial charge >= 0.3 is 5.97 Å². The highest BCUT2D eigenvalue weighted by molar-refractivity contribution is 5.92. The molecule has 154 valence electrons. The Morgan fingerprint density at radius 1 is 1.11 bits per heavy atom. The maximum Gasteiger partial charge on any atom is 0.302 e. The normalized spacial score (nSPS) is 47.5. The van der Waals surface area contributed by atoms with E-state index in [0.717, 1.165) is 31.3 Å². The minimum absolute atomic E-state index is 0.0254. The molecule has 28 heavy (non-hydrogen) atoms. The molecule has 4 aliphatic carbocycles. The van der Waals surface area contributed by atoms with Crippen molar-refractivity contribution in [2.45, 2.75) is 78.4 Å². The highest BCUT2D eigenvalue weighted by Crippen LogP contribution is 2.66. The molecule has 3 fully saturated rings. The maximum atomic E-state index is 12.3. The van der Waals surface area contributed by atoms with Gasteiger partial charge < -0.3 is 9.84 Å². The number of aliphatic hydroxyl groups is 1. The van der Waals surface area contributed by atoms with Gasteiger partial charge in [0, 0.05) is 24.7 Å². The number of carbonyl (C=O) groups excluding carboxylic acids is 3. The van der Waals surface area contributed by atoms with E-state index in [1.54, 1.807) is 13.0 Å². The zero-order valence-electron chi connectivity index (χ0n) is 17.4. The van der Waals surface area contributed by atoms with Crippen molar-refractivity contribution in [3.05, 3.63) is 11.6 Å². The van der Waals surface area contributed by atoms with Crippen LogP contribution < -0.4 is 0 Å². The summed E-state index contributed by atoms with van der Waals surface area (Å²) in [4.78, 5) is 36.3. The first kappa shape index (κ1) is 19.8. The van der Waals surface area contributed by atoms with Crippen LogP contribution in [-0.4, -0.2) is 34.9 Å². The van der Waals surface area contributed by atoms with E-state index in [-0.39, 0.29) is 47.1 Å². The summed E-state index contributed by atoms with van der Waals surface area (Å²) in [6.45, 7) is 7.46. The number of rotatable bonds is 2. The molecule has 8 atom stereocenters. The Labute approximate surface area is 166 Å². The quantitative estimate of drug-likeness (QED) is 0.735. The highest BCUT2D eigenvalue weighted by Gasteiger charge is 2.64. The lowest BCUT2D eigenvalue weighted by Gasteiger charge is -2.60. The Bertz CT molecular complexity index is 754. The number of ketones is 2. The smallest absolute Gasteiger partial charge is 0.302 e. The van der Waals surface area contributed by atoms with Crippen molar-refractivity contribution in [1.82, 2.24) is 0 Å². The van der Waals surface area contributed by atoms with E-state index in [1.807, 2.05) is 0 Å². The van der Waals surface area contributed by atoms with Crippen LogP contribution >= 0.6 is 0 Å². The van der Waals surface area contributed by atoms with Crippen LogP contribution in [-0.2, 0) is 19.1 Å². The van der Waals surface area contributed by atoms with Crippen molar-refractivity contribution >= 4 is 17.5 Å². The standard InChI is InChI=1S/C23H32O5/c1-12(24)16-5-6-17-21-18(7-8-22(16,17)3)23(4)14(10-19(21)27)9-15(26)11-20(23)28-13(2)25/h9,16-21,27H,5-8,10-11H2,1-4H3/t16-,17+,18+,19?,20?,21+,22-,23+/m1/s1. The van der Waals surface area contributed by atoms with Gasteiger partial charge in [0.1, 0.15) is 11.9 Å². The Hall–Kier alpha value is -1.49. The molecule has 3 saturated carbocycles. The fourth-order valence-electron chi connectivity index (χ4n) is 7.59. The van der Waals surface area contributed by atoms with E-state index in [2.05, 4.69) is 13.8 Å². The Morgan fingerprint density at radius 2 is 1.82 bits per heavy atom. The molecule has 0 heterocycles. The molecule has 0 amide bonds. The fraction of sp³-hybridized carbons (Fsp3) is 0.783. The second kappa shape index (κ2) is 6.51. The van der Waals surface area contributed by atoms with Gasteiger partial charge in [-0.15, -0.1) is 0 Å². The van der Waals surface area contributed by atoms with Gasteiger partial charge in [0.2, 0.25) is 0 Å². The van der Waals surface area contributed by atoms with Crippen molar-refractivity contribution in [1.29, 1.82) is 0 Å². The first-order valence-electron chi connectivity index (χ1n) is 10.7. The van der Waals surface area contributed by atoms with Gasteiger partial charge in [-0.1, -0.05) is 19.4 Å². The summed E-state index contributed by atoms with van der Waals surface area (Å²) in [5.41, 5.74) is 0.458. The van der Waals surface area contributed by atoms with Crippen LogP contribution in [0.3, 0.4) is 0 Å². The number of hydrogen-bond donors (Lipinski definition) is 1. The Balaban J connectivity index is 1.75. The lowest BCUT2D eigenvalue weighted by atomic mass is 9.45. The molecule has 1 N–H and O–H groups in total. The van der Waals surface area contributed by atoms with Crippen molar-refractivity contribution in [3.8, 4) is 0 Å². The molecule has 0 aliphatic heterocycles. The highest BCUT2D eigenvalue weighted by atomic mass is 16.5. The SMILES string of the molecule is CC(=O)OC1CC(=O)C=C2CC(O)[C@H]3[C@@H]4CC[C@H](C(C)=O)[C@@]4(C)CC[C@@H]3[C@]21C. The number of hydrogen-bond acceptors (Lipinski definition) is 5. The van der Waals surface area contributed by atoms with E-state index in [4.69, 9.17) is 4.74 Å². The van der Waals surface area contributed by atoms with E-state index >= 15 is 0 Å². The number of aliphatic hydroxyl groups excluding tert-OH is 1. The minimum atomic E-state index is -0.511. The summed E-state index contributed by atoms with van der Waals surface area (Å²) >= 11 is 0. The zero-order valence-corrected chi connectivity index (χ0v) is 17.4. The molecule has 4 rings (SSSR count). The number of fused-ring (bicyclic) bond motifs is 5. The summed E-state index contributed by atoms with van der Waals surface area (Å²) < 4.78 is 5.68. The summed E-state index contributed by atoms with van der Waals surface area (Å²) in [5, 5.41) is 11.2. The Morgan fingerprint density at radius 3 is 2.46 bits per heavy atom. The van der Waals surface area contributed by atoms with Crippen LogP contribution in [0.2, 0.25) is 0 Å². The average molecular weight is 389 g/mol. The van der Waals surface area contributed by atoms with Gasteiger partial charge in [-0.25, -0.2) is 0 Å². The molecule has 0 bridgehead atoms. The number of ether oxygens (including phenoxy) is 1. The van der Waals surface area contributed by atoms with Crippen LogP contribution in [0.25, 0.3) is 0 Å². The van der Waals surface area contributed by atoms with Gasteiger partial charge in [-0.2, -0.15) is 0 Å². The lowest BCUT2D eigenvalue weighted by Crippen LogP contribution is -2.59. The summed E-state index contributed by atoms with van der Waals surface area (Å²) in [5.74, 6) is 0.488. The van der Waals surface area contributed by atoms with Gasteiger partial charge in [0.25, 0.3) is 0 Å². The minimum Gasteiger partial charge on any atom is -0.461 e. The van der Waals surface area contributed by atoms with E-state index in [9.17, 15) is 19.5 Å². The third kappa shape index (κ3) is 2.65. The Kier molecular flexibility index (Phi) is 4.61. The molecular weight excluding hydrogens is 356 g/mol. The summed E-state index contributed by atoms with van der Waals surface area (Å²) in [7, 11) is 0. The summed E-state index contributed by atoms with van der Waals surface area (Å²) in [6, 6.07) is 0. The third-order valence-corrected chi connectivity index (χ3v) is 8.86. The molecule has 0 aromatic heterocycles. The van der Waals surface area contributed by atoms with E-state index in [0.29, 0.717) is 12.3 Å². The number of carbonyl (C=O) groups is 3. The monoisotopic (exact) mass is 388 g/mol. The molecule has 0 radical (unpaired) electrons. The second-order valence-electron chi connectivity index (χ2n) is 10.1. The summed E-state index contributed by atoms with van der Waals surface area (Å²) in [6.07, 6.45) is 5.09. The molecule has 4 aliphatic rings. The largest absolute Gasteiger partial charge is 0.461 e. The zero-order chi connectivity index (χ0) is 20.4. The lowest BCUT2D eigenvalue weighted by molar-refractivity contribution is -0.172. The maximum absolute atomic E-state index is 12.3. The van der Waals surface area contributed by atoms with Gasteiger partial charge in [0.05, 0.1) is 6.10 Å². The molecule has 2 unspecified atom stereocenters. The molecule has 0 saturated heterocycles. The van der Waals surface area contributed by atoms with Gasteiger partial charge in [-0.3, -0.25) is 14.4 Å². The third-order valence-electron chi connectivity index (χ3n) is 8.86.